The van der Waals surface area contributed by atoms with E-state index in [1.165, 1.54) is 0 Å². The van der Waals surface area contributed by atoms with Crippen LogP contribution in [0, 0.1) is 17.5 Å². The van der Waals surface area contributed by atoms with E-state index < -0.39 is 40.4 Å². The van der Waals surface area contributed by atoms with Crippen LogP contribution in [-0.4, -0.2) is 16.1 Å². The molecule has 0 atom stereocenters. The normalized spacial score (nSPS) is 9.65. The minimum absolute atomic E-state index is 0.492. The monoisotopic (exact) mass is 283 g/mol. The lowest BCUT2D eigenvalue weighted by molar-refractivity contribution is 0.0690. The molecule has 2 rings (SSSR count). The fourth-order valence-electron chi connectivity index (χ4n) is 1.46. The number of nitrogens with zero attached hydrogens (tertiary/aromatic N) is 1. The molecule has 0 aliphatic heterocycles. The Bertz CT molecular complexity index is 610. The summed E-state index contributed by atoms with van der Waals surface area (Å²) >= 11 is 0. The van der Waals surface area contributed by atoms with E-state index in [0.29, 0.717) is 0 Å². The fourth-order valence-corrected chi connectivity index (χ4v) is 1.46. The molecule has 0 bridgehead atoms. The first-order chi connectivity index (χ1) is 9.50. The van der Waals surface area contributed by atoms with Crippen molar-refractivity contribution in [1.82, 2.24) is 4.98 Å². The van der Waals surface area contributed by atoms with Gasteiger partial charge in [0, 0.05) is 0 Å². The van der Waals surface area contributed by atoms with Crippen molar-refractivity contribution < 1.29 is 23.1 Å². The largest absolute Gasteiger partial charge is 0.477 e. The lowest BCUT2D eigenvalue weighted by Crippen LogP contribution is -2.04. The van der Waals surface area contributed by atoms with Gasteiger partial charge in [-0.2, -0.15) is 0 Å². The Hall–Kier alpha value is -2.37. The van der Waals surface area contributed by atoms with E-state index >= 15 is 0 Å². The second-order valence-corrected chi connectivity index (χ2v) is 3.43. The average Bonchev–Trinajstić information content (AvgIpc) is 2.42. The molecule has 0 saturated heterocycles. The molecular weight excluding hydrogens is 271 g/mol. The van der Waals surface area contributed by atoms with E-state index in [1.54, 1.807) is 0 Å². The van der Waals surface area contributed by atoms with Gasteiger partial charge in [-0.05, 0) is 24.3 Å². The smallest absolute Gasteiger partial charge is 0.354 e. The van der Waals surface area contributed by atoms with Crippen molar-refractivity contribution in [2.24, 2.45) is 0 Å². The van der Waals surface area contributed by atoms with Gasteiger partial charge in [0.15, 0.2) is 0 Å². The third-order valence-corrected chi connectivity index (χ3v) is 2.26. The molecule has 1 heterocycles. The third-order valence-electron chi connectivity index (χ3n) is 2.26. The Morgan fingerprint density at radius 1 is 1.00 bits per heavy atom. The highest BCUT2D eigenvalue weighted by molar-refractivity contribution is 5.86. The summed E-state index contributed by atoms with van der Waals surface area (Å²) in [6.45, 7) is 4.00. The number of carboxylic acids is 1. The number of halogens is 3. The van der Waals surface area contributed by atoms with Gasteiger partial charge in [-0.15, -0.1) is 0 Å². The quantitative estimate of drug-likeness (QED) is 0.909. The van der Waals surface area contributed by atoms with Crippen LogP contribution < -0.4 is 0 Å². The number of hydrogen-bond acceptors (Lipinski definition) is 2. The SMILES string of the molecule is CC.O=C(O)c1ccc(F)c(-c2c(F)cccc2F)n1. The molecule has 20 heavy (non-hydrogen) atoms. The number of carboxylic acid groups (broad SMARTS) is 1. The second kappa shape index (κ2) is 6.70. The van der Waals surface area contributed by atoms with E-state index in [4.69, 9.17) is 5.11 Å². The Labute approximate surface area is 113 Å². The Morgan fingerprint density at radius 2 is 1.55 bits per heavy atom. The maximum Gasteiger partial charge on any atom is 0.354 e. The lowest BCUT2D eigenvalue weighted by atomic mass is 10.1. The van der Waals surface area contributed by atoms with Gasteiger partial charge in [0.05, 0.1) is 5.56 Å². The van der Waals surface area contributed by atoms with Crippen molar-refractivity contribution in [3.63, 3.8) is 0 Å². The Balaban J connectivity index is 0.000000956. The number of hydrogen-bond donors (Lipinski definition) is 1. The topological polar surface area (TPSA) is 50.2 Å². The zero-order valence-corrected chi connectivity index (χ0v) is 10.8. The van der Waals surface area contributed by atoms with Crippen molar-refractivity contribution >= 4 is 5.97 Å². The molecule has 0 radical (unpaired) electrons. The Morgan fingerprint density at radius 3 is 2.05 bits per heavy atom. The minimum atomic E-state index is -1.41. The highest BCUT2D eigenvalue weighted by Crippen LogP contribution is 2.26. The molecule has 0 fully saturated rings. The molecule has 1 aromatic heterocycles. The molecule has 0 aliphatic carbocycles. The summed E-state index contributed by atoms with van der Waals surface area (Å²) in [4.78, 5) is 14.1. The highest BCUT2D eigenvalue weighted by atomic mass is 19.1. The van der Waals surface area contributed by atoms with Crippen LogP contribution in [0.2, 0.25) is 0 Å². The molecule has 0 spiro atoms. The van der Waals surface area contributed by atoms with Crippen LogP contribution in [0.1, 0.15) is 24.3 Å². The van der Waals surface area contributed by atoms with Gasteiger partial charge in [-0.1, -0.05) is 19.9 Å². The summed E-state index contributed by atoms with van der Waals surface area (Å²) in [6, 6.07) is 4.71. The summed E-state index contributed by atoms with van der Waals surface area (Å²) in [5.74, 6) is -4.43. The number of pyridine rings is 1. The van der Waals surface area contributed by atoms with Gasteiger partial charge in [-0.25, -0.2) is 22.9 Å². The van der Waals surface area contributed by atoms with Gasteiger partial charge in [0.2, 0.25) is 0 Å². The number of aromatic nitrogens is 1. The van der Waals surface area contributed by atoms with Gasteiger partial charge in [0.25, 0.3) is 0 Å². The fraction of sp³-hybridized carbons (Fsp3) is 0.143. The van der Waals surface area contributed by atoms with E-state index in [1.807, 2.05) is 13.8 Å². The molecule has 3 nitrogen and oxygen atoms in total. The molecular formula is C14H12F3NO2. The van der Waals surface area contributed by atoms with Crippen LogP contribution in [0.4, 0.5) is 13.2 Å². The standard InChI is InChI=1S/C12H6F3NO2.C2H6/c13-6-2-1-3-7(14)10(6)11-8(15)4-5-9(16-11)12(17)18;1-2/h1-5H,(H,17,18);1-2H3. The molecule has 1 aromatic carbocycles. The highest BCUT2D eigenvalue weighted by Gasteiger charge is 2.18. The first-order valence-corrected chi connectivity index (χ1v) is 5.85. The van der Waals surface area contributed by atoms with Gasteiger partial charge >= 0.3 is 5.97 Å². The molecule has 1 N–H and O–H groups in total. The summed E-state index contributed by atoms with van der Waals surface area (Å²) in [5.41, 5.74) is -1.84. The molecule has 2 aromatic rings. The van der Waals surface area contributed by atoms with Crippen molar-refractivity contribution in [3.05, 3.63) is 53.5 Å². The van der Waals surface area contributed by atoms with Crippen LogP contribution in [-0.2, 0) is 0 Å². The van der Waals surface area contributed by atoms with Crippen LogP contribution in [0.5, 0.6) is 0 Å². The first kappa shape index (κ1) is 15.7. The summed E-state index contributed by atoms with van der Waals surface area (Å²) in [7, 11) is 0. The van der Waals surface area contributed by atoms with Crippen LogP contribution in [0.25, 0.3) is 11.3 Å². The maximum absolute atomic E-state index is 13.5. The van der Waals surface area contributed by atoms with Gasteiger partial charge in [0.1, 0.15) is 28.8 Å². The molecule has 0 unspecified atom stereocenters. The zero-order chi connectivity index (χ0) is 15.3. The summed E-state index contributed by atoms with van der Waals surface area (Å²) < 4.78 is 40.4. The summed E-state index contributed by atoms with van der Waals surface area (Å²) in [6.07, 6.45) is 0. The van der Waals surface area contributed by atoms with E-state index in [0.717, 1.165) is 30.3 Å². The number of benzene rings is 1. The van der Waals surface area contributed by atoms with E-state index in [-0.39, 0.29) is 0 Å². The van der Waals surface area contributed by atoms with Crippen molar-refractivity contribution in [3.8, 4) is 11.3 Å². The van der Waals surface area contributed by atoms with Crippen molar-refractivity contribution in [2.45, 2.75) is 13.8 Å². The zero-order valence-electron chi connectivity index (χ0n) is 10.8. The molecule has 0 aliphatic rings. The van der Waals surface area contributed by atoms with Crippen LogP contribution in [0.3, 0.4) is 0 Å². The average molecular weight is 283 g/mol. The third kappa shape index (κ3) is 3.14. The van der Waals surface area contributed by atoms with E-state index in [9.17, 15) is 18.0 Å². The first-order valence-electron chi connectivity index (χ1n) is 5.85. The summed E-state index contributed by atoms with van der Waals surface area (Å²) in [5, 5.41) is 8.71. The van der Waals surface area contributed by atoms with Crippen LogP contribution in [0.15, 0.2) is 30.3 Å². The molecule has 106 valence electrons. The van der Waals surface area contributed by atoms with Crippen molar-refractivity contribution in [2.75, 3.05) is 0 Å². The number of carbonyl (C=O) groups is 1. The molecule has 6 heteroatoms. The minimum Gasteiger partial charge on any atom is -0.477 e. The molecule has 0 amide bonds. The predicted molar refractivity (Wildman–Crippen MR) is 67.9 cm³/mol. The lowest BCUT2D eigenvalue weighted by Gasteiger charge is -2.06. The maximum atomic E-state index is 13.5. The Kier molecular flexibility index (Phi) is 5.25. The molecule has 0 saturated carbocycles. The predicted octanol–water partition coefficient (Wildman–Crippen LogP) is 3.89. The van der Waals surface area contributed by atoms with Gasteiger partial charge < -0.3 is 5.11 Å². The van der Waals surface area contributed by atoms with E-state index in [2.05, 4.69) is 4.98 Å². The number of rotatable bonds is 2. The van der Waals surface area contributed by atoms with Gasteiger partial charge in [-0.3, -0.25) is 0 Å². The van der Waals surface area contributed by atoms with Crippen molar-refractivity contribution in [1.29, 1.82) is 0 Å². The van der Waals surface area contributed by atoms with Crippen LogP contribution >= 0.6 is 0 Å². The second-order valence-electron chi connectivity index (χ2n) is 3.43. The number of aromatic carboxylic acids is 1.